The van der Waals surface area contributed by atoms with Gasteiger partial charge in [-0.3, -0.25) is 4.79 Å². The van der Waals surface area contributed by atoms with Crippen molar-refractivity contribution in [3.8, 4) is 0 Å². The van der Waals surface area contributed by atoms with E-state index in [0.29, 0.717) is 13.0 Å². The van der Waals surface area contributed by atoms with Gasteiger partial charge < -0.3 is 19.7 Å². The molecule has 0 aromatic heterocycles. The number of carbonyl (C=O) groups is 3. The molecule has 0 saturated heterocycles. The van der Waals surface area contributed by atoms with Crippen LogP contribution in [-0.2, 0) is 19.1 Å². The second kappa shape index (κ2) is 8.39. The van der Waals surface area contributed by atoms with Gasteiger partial charge in [0, 0.05) is 19.6 Å². The molecule has 0 aliphatic carbocycles. The summed E-state index contributed by atoms with van der Waals surface area (Å²) in [5.74, 6) is -1.61. The maximum absolute atomic E-state index is 11.7. The van der Waals surface area contributed by atoms with Crippen molar-refractivity contribution in [3.63, 3.8) is 0 Å². The Balaban J connectivity index is 4.25. The highest BCUT2D eigenvalue weighted by atomic mass is 16.6. The Bertz CT molecular complexity index is 349. The summed E-state index contributed by atoms with van der Waals surface area (Å²) in [7, 11) is 1.16. The molecule has 20 heavy (non-hydrogen) atoms. The molecule has 0 unspecified atom stereocenters. The van der Waals surface area contributed by atoms with Gasteiger partial charge >= 0.3 is 18.0 Å². The summed E-state index contributed by atoms with van der Waals surface area (Å²) in [4.78, 5) is 35.6. The van der Waals surface area contributed by atoms with E-state index in [2.05, 4.69) is 10.1 Å². The van der Waals surface area contributed by atoms with Gasteiger partial charge in [0.1, 0.15) is 5.60 Å². The fraction of sp³-hybridized carbons (Fsp3) is 0.769. The molecule has 7 heteroatoms. The van der Waals surface area contributed by atoms with E-state index >= 15 is 0 Å². The molecule has 2 amide bonds. The van der Waals surface area contributed by atoms with Gasteiger partial charge in [-0.15, -0.1) is 0 Å². The summed E-state index contributed by atoms with van der Waals surface area (Å²) in [5.41, 5.74) is -0.574. The van der Waals surface area contributed by atoms with Crippen LogP contribution in [0.25, 0.3) is 0 Å². The molecule has 116 valence electrons. The van der Waals surface area contributed by atoms with E-state index in [4.69, 9.17) is 4.74 Å². The molecule has 0 aromatic rings. The standard InChI is InChI=1S/C13H24N2O5/c1-6-8-15(10(16)11(17)19-5)9-7-14-12(18)20-13(2,3)4/h6-9H2,1-5H3,(H,14,18). The zero-order valence-corrected chi connectivity index (χ0v) is 12.8. The van der Waals surface area contributed by atoms with Crippen LogP contribution in [-0.4, -0.2) is 55.2 Å². The second-order valence-corrected chi connectivity index (χ2v) is 5.21. The number of alkyl carbamates (subject to hydrolysis) is 1. The van der Waals surface area contributed by atoms with Crippen molar-refractivity contribution in [1.82, 2.24) is 10.2 Å². The van der Waals surface area contributed by atoms with Gasteiger partial charge in [0.25, 0.3) is 0 Å². The predicted octanol–water partition coefficient (Wildman–Crippen LogP) is 0.923. The van der Waals surface area contributed by atoms with Crippen LogP contribution in [0.3, 0.4) is 0 Å². The van der Waals surface area contributed by atoms with Crippen molar-refractivity contribution >= 4 is 18.0 Å². The molecule has 0 aliphatic heterocycles. The van der Waals surface area contributed by atoms with E-state index in [-0.39, 0.29) is 13.1 Å². The summed E-state index contributed by atoms with van der Waals surface area (Å²) in [6.45, 7) is 8.02. The number of hydrogen-bond acceptors (Lipinski definition) is 5. The topological polar surface area (TPSA) is 84.9 Å². The Hall–Kier alpha value is -1.79. The Kier molecular flexibility index (Phi) is 7.64. The molecule has 0 radical (unpaired) electrons. The first-order chi connectivity index (χ1) is 9.21. The van der Waals surface area contributed by atoms with Crippen LogP contribution in [0.4, 0.5) is 4.79 Å². The first-order valence-electron chi connectivity index (χ1n) is 6.55. The Labute approximate surface area is 119 Å². The van der Waals surface area contributed by atoms with Gasteiger partial charge in [0.05, 0.1) is 7.11 Å². The number of amides is 2. The van der Waals surface area contributed by atoms with Crippen molar-refractivity contribution in [2.45, 2.75) is 39.7 Å². The number of nitrogens with zero attached hydrogens (tertiary/aromatic N) is 1. The number of nitrogens with one attached hydrogen (secondary N) is 1. The van der Waals surface area contributed by atoms with Crippen molar-refractivity contribution in [2.75, 3.05) is 26.7 Å². The molecule has 0 heterocycles. The fourth-order valence-corrected chi connectivity index (χ4v) is 1.41. The smallest absolute Gasteiger partial charge is 0.407 e. The maximum atomic E-state index is 11.7. The largest absolute Gasteiger partial charge is 0.462 e. The van der Waals surface area contributed by atoms with Crippen molar-refractivity contribution in [2.24, 2.45) is 0 Å². The number of rotatable bonds is 5. The number of esters is 1. The van der Waals surface area contributed by atoms with Crippen molar-refractivity contribution in [1.29, 1.82) is 0 Å². The number of carbonyl (C=O) groups excluding carboxylic acids is 3. The highest BCUT2D eigenvalue weighted by Crippen LogP contribution is 2.06. The molecule has 0 rings (SSSR count). The lowest BCUT2D eigenvalue weighted by atomic mass is 10.2. The molecule has 1 N–H and O–H groups in total. The van der Waals surface area contributed by atoms with Crippen molar-refractivity contribution in [3.05, 3.63) is 0 Å². The van der Waals surface area contributed by atoms with Crippen LogP contribution in [0.1, 0.15) is 34.1 Å². The third-order valence-electron chi connectivity index (χ3n) is 2.19. The quantitative estimate of drug-likeness (QED) is 0.600. The molecule has 7 nitrogen and oxygen atoms in total. The molecular formula is C13H24N2O5. The SMILES string of the molecule is CCCN(CCNC(=O)OC(C)(C)C)C(=O)C(=O)OC. The highest BCUT2D eigenvalue weighted by Gasteiger charge is 2.22. The predicted molar refractivity (Wildman–Crippen MR) is 73.1 cm³/mol. The molecule has 0 bridgehead atoms. The van der Waals surface area contributed by atoms with Crippen LogP contribution < -0.4 is 5.32 Å². The van der Waals surface area contributed by atoms with E-state index in [9.17, 15) is 14.4 Å². The van der Waals surface area contributed by atoms with E-state index in [1.165, 1.54) is 4.90 Å². The average molecular weight is 288 g/mol. The molecule has 0 fully saturated rings. The monoisotopic (exact) mass is 288 g/mol. The van der Waals surface area contributed by atoms with Gasteiger partial charge in [-0.25, -0.2) is 9.59 Å². The third kappa shape index (κ3) is 7.60. The molecule has 0 atom stereocenters. The van der Waals surface area contributed by atoms with E-state index < -0.39 is 23.6 Å². The zero-order chi connectivity index (χ0) is 15.8. The van der Waals surface area contributed by atoms with Gasteiger partial charge in [-0.2, -0.15) is 0 Å². The van der Waals surface area contributed by atoms with Gasteiger partial charge in [-0.1, -0.05) is 6.92 Å². The minimum absolute atomic E-state index is 0.206. The summed E-state index contributed by atoms with van der Waals surface area (Å²) >= 11 is 0. The van der Waals surface area contributed by atoms with E-state index in [0.717, 1.165) is 7.11 Å². The van der Waals surface area contributed by atoms with E-state index in [1.807, 2.05) is 6.92 Å². The molecule has 0 spiro atoms. The fourth-order valence-electron chi connectivity index (χ4n) is 1.41. The highest BCUT2D eigenvalue weighted by molar-refractivity contribution is 6.32. The third-order valence-corrected chi connectivity index (χ3v) is 2.19. The molecule has 0 saturated carbocycles. The summed E-state index contributed by atoms with van der Waals surface area (Å²) in [6, 6.07) is 0. The number of hydrogen-bond donors (Lipinski definition) is 1. The van der Waals surface area contributed by atoms with Crippen LogP contribution in [0.5, 0.6) is 0 Å². The summed E-state index contributed by atoms with van der Waals surface area (Å²) in [6.07, 6.45) is 0.147. The maximum Gasteiger partial charge on any atom is 0.407 e. The molecule has 0 aromatic carbocycles. The molecule has 0 aliphatic rings. The summed E-state index contributed by atoms with van der Waals surface area (Å²) < 4.78 is 9.45. The van der Waals surface area contributed by atoms with Crippen LogP contribution >= 0.6 is 0 Å². The van der Waals surface area contributed by atoms with Gasteiger partial charge in [-0.05, 0) is 27.2 Å². The average Bonchev–Trinajstić information content (AvgIpc) is 2.33. The minimum Gasteiger partial charge on any atom is -0.462 e. The van der Waals surface area contributed by atoms with Crippen LogP contribution in [0.2, 0.25) is 0 Å². The first-order valence-corrected chi connectivity index (χ1v) is 6.55. The lowest BCUT2D eigenvalue weighted by Gasteiger charge is -2.22. The minimum atomic E-state index is -0.907. The van der Waals surface area contributed by atoms with Crippen LogP contribution in [0.15, 0.2) is 0 Å². The Morgan fingerprint density at radius 1 is 1.15 bits per heavy atom. The van der Waals surface area contributed by atoms with Gasteiger partial charge in [0.15, 0.2) is 0 Å². The van der Waals surface area contributed by atoms with Gasteiger partial charge in [0.2, 0.25) is 0 Å². The zero-order valence-electron chi connectivity index (χ0n) is 12.8. The lowest BCUT2D eigenvalue weighted by molar-refractivity contribution is -0.158. The lowest BCUT2D eigenvalue weighted by Crippen LogP contribution is -2.43. The Morgan fingerprint density at radius 3 is 2.20 bits per heavy atom. The first kappa shape index (κ1) is 18.2. The normalized spacial score (nSPS) is 10.7. The molecular weight excluding hydrogens is 264 g/mol. The second-order valence-electron chi connectivity index (χ2n) is 5.21. The summed E-state index contributed by atoms with van der Waals surface area (Å²) in [5, 5.41) is 2.53. The number of methoxy groups -OCH3 is 1. The Morgan fingerprint density at radius 2 is 1.75 bits per heavy atom. The van der Waals surface area contributed by atoms with E-state index in [1.54, 1.807) is 20.8 Å². The van der Waals surface area contributed by atoms with Crippen molar-refractivity contribution < 1.29 is 23.9 Å². The number of ether oxygens (including phenoxy) is 2. The van der Waals surface area contributed by atoms with Crippen LogP contribution in [0, 0.1) is 0 Å².